The Morgan fingerprint density at radius 1 is 1.09 bits per heavy atom. The van der Waals surface area contributed by atoms with Crippen molar-refractivity contribution >= 4 is 43.8 Å². The van der Waals surface area contributed by atoms with Gasteiger partial charge in [-0.25, -0.2) is 13.4 Å². The monoisotopic (exact) mass is 480 g/mol. The second-order valence-electron chi connectivity index (χ2n) is 7.15. The molecule has 0 aliphatic heterocycles. The van der Waals surface area contributed by atoms with Gasteiger partial charge in [0, 0.05) is 6.07 Å². The number of aromatic nitrogens is 2. The van der Waals surface area contributed by atoms with E-state index in [0.717, 1.165) is 17.1 Å². The number of hydrogen-bond acceptors (Lipinski definition) is 8. The first kappa shape index (κ1) is 22.7. The summed E-state index contributed by atoms with van der Waals surface area (Å²) in [7, 11) is -2.71. The predicted octanol–water partition coefficient (Wildman–Crippen LogP) is 4.12. The third kappa shape index (κ3) is 4.66. The van der Waals surface area contributed by atoms with Crippen LogP contribution in [0, 0.1) is 10.1 Å². The summed E-state index contributed by atoms with van der Waals surface area (Å²) in [6, 6.07) is 17.4. The van der Waals surface area contributed by atoms with Crippen LogP contribution in [0.5, 0.6) is 5.75 Å². The van der Waals surface area contributed by atoms with Crippen molar-refractivity contribution < 1.29 is 18.1 Å². The number of nitro groups is 1. The Labute approximate surface area is 194 Å². The van der Waals surface area contributed by atoms with Gasteiger partial charge in [0.05, 0.1) is 33.6 Å². The van der Waals surface area contributed by atoms with Gasteiger partial charge in [-0.05, 0) is 43.3 Å². The van der Waals surface area contributed by atoms with Crippen LogP contribution in [0.1, 0.15) is 12.7 Å². The van der Waals surface area contributed by atoms with E-state index in [2.05, 4.69) is 25.2 Å². The molecule has 34 heavy (non-hydrogen) atoms. The first-order valence-electron chi connectivity index (χ1n) is 9.98. The molecule has 11 nitrogen and oxygen atoms in total. The highest BCUT2D eigenvalue weighted by Gasteiger charge is 2.22. The molecule has 0 bridgehead atoms. The minimum atomic E-state index is -4.12. The summed E-state index contributed by atoms with van der Waals surface area (Å²) in [4.78, 5) is 18.2. The summed E-state index contributed by atoms with van der Waals surface area (Å²) in [5.74, 6) is 0.811. The van der Waals surface area contributed by atoms with Crippen molar-refractivity contribution in [1.29, 1.82) is 0 Å². The van der Waals surface area contributed by atoms with Gasteiger partial charge in [0.2, 0.25) is 0 Å². The van der Waals surface area contributed by atoms with Crippen LogP contribution in [-0.2, 0) is 10.0 Å². The molecule has 0 unspecified atom stereocenters. The number of methoxy groups -OCH3 is 1. The van der Waals surface area contributed by atoms with Crippen LogP contribution in [0.3, 0.4) is 0 Å². The van der Waals surface area contributed by atoms with E-state index in [0.29, 0.717) is 17.3 Å². The second-order valence-corrected chi connectivity index (χ2v) is 8.84. The second kappa shape index (κ2) is 9.19. The first-order valence-corrected chi connectivity index (χ1v) is 11.5. The fourth-order valence-electron chi connectivity index (χ4n) is 3.18. The van der Waals surface area contributed by atoms with Gasteiger partial charge in [-0.2, -0.15) is 5.10 Å². The average Bonchev–Trinajstić information content (AvgIpc) is 3.27. The number of nitro benzene ring substituents is 1. The molecule has 0 aliphatic carbocycles. The minimum Gasteiger partial charge on any atom is -0.495 e. The minimum absolute atomic E-state index is 0.0247. The molecule has 0 fully saturated rings. The quantitative estimate of drug-likeness (QED) is 0.195. The van der Waals surface area contributed by atoms with Gasteiger partial charge in [0.15, 0.2) is 5.82 Å². The van der Waals surface area contributed by atoms with Crippen molar-refractivity contribution in [3.8, 4) is 5.75 Å². The summed E-state index contributed by atoms with van der Waals surface area (Å²) < 4.78 is 33.2. The molecule has 0 aliphatic rings. The Morgan fingerprint density at radius 3 is 2.56 bits per heavy atom. The van der Waals surface area contributed by atoms with E-state index in [-0.39, 0.29) is 16.3 Å². The highest BCUT2D eigenvalue weighted by atomic mass is 32.2. The van der Waals surface area contributed by atoms with Crippen LogP contribution in [0.25, 0.3) is 11.0 Å². The van der Waals surface area contributed by atoms with Gasteiger partial charge in [0.25, 0.3) is 15.7 Å². The number of fused-ring (bicyclic) bond motifs is 1. The number of rotatable bonds is 8. The van der Waals surface area contributed by atoms with Gasteiger partial charge in [-0.3, -0.25) is 20.3 Å². The van der Waals surface area contributed by atoms with Crippen LogP contribution in [0.15, 0.2) is 76.7 Å². The van der Waals surface area contributed by atoms with E-state index >= 15 is 0 Å². The highest BCUT2D eigenvalue weighted by molar-refractivity contribution is 7.92. The van der Waals surface area contributed by atoms with Crippen molar-refractivity contribution in [2.45, 2.75) is 11.8 Å². The lowest BCUT2D eigenvalue weighted by molar-refractivity contribution is -0.384. The Hall–Kier alpha value is -4.45. The third-order valence-corrected chi connectivity index (χ3v) is 6.27. The summed E-state index contributed by atoms with van der Waals surface area (Å²) in [6.07, 6.45) is 0. The largest absolute Gasteiger partial charge is 0.495 e. The Bertz CT molecular complexity index is 1480. The Balaban J connectivity index is 1.61. The van der Waals surface area contributed by atoms with Gasteiger partial charge in [-0.15, -0.1) is 0 Å². The summed E-state index contributed by atoms with van der Waals surface area (Å²) in [5, 5.41) is 15.8. The molecule has 0 spiro atoms. The lowest BCUT2D eigenvalue weighted by Gasteiger charge is -2.12. The molecular formula is C22H20N6O5S. The van der Waals surface area contributed by atoms with E-state index in [1.54, 1.807) is 25.1 Å². The van der Waals surface area contributed by atoms with Gasteiger partial charge in [-0.1, -0.05) is 24.3 Å². The SMILES string of the molecule is COc1ccccc1NS(=O)(=O)c1ccc(N/N=C(\C)c2nc3ccccc3[nH]2)c([N+](=O)[O-])c1. The van der Waals surface area contributed by atoms with Crippen LogP contribution < -0.4 is 14.9 Å². The third-order valence-electron chi connectivity index (χ3n) is 4.90. The number of imidazole rings is 1. The Kier molecular flexibility index (Phi) is 6.15. The number of sulfonamides is 1. The molecule has 1 aromatic heterocycles. The lowest BCUT2D eigenvalue weighted by Crippen LogP contribution is -2.14. The fraction of sp³-hybridized carbons (Fsp3) is 0.0909. The number of anilines is 2. The number of nitrogens with one attached hydrogen (secondary N) is 3. The number of H-pyrrole nitrogens is 1. The molecule has 0 atom stereocenters. The first-order chi connectivity index (χ1) is 16.3. The predicted molar refractivity (Wildman–Crippen MR) is 129 cm³/mol. The van der Waals surface area contributed by atoms with E-state index in [1.165, 1.54) is 25.3 Å². The fourth-order valence-corrected chi connectivity index (χ4v) is 4.27. The number of para-hydroxylation sites is 4. The number of hydrogen-bond donors (Lipinski definition) is 3. The molecule has 3 N–H and O–H groups in total. The Morgan fingerprint density at radius 2 is 1.82 bits per heavy atom. The standard InChI is InChI=1S/C22H20N6O5S/c1-14(22-23-16-7-3-4-8-17(16)24-22)25-26-18-12-11-15(13-20(18)28(29)30)34(31,32)27-19-9-5-6-10-21(19)33-2/h3-13,26-27H,1-2H3,(H,23,24)/b25-14+. The van der Waals surface area contributed by atoms with E-state index in [9.17, 15) is 18.5 Å². The molecule has 1 heterocycles. The van der Waals surface area contributed by atoms with Gasteiger partial charge >= 0.3 is 0 Å². The van der Waals surface area contributed by atoms with Crippen LogP contribution in [0.4, 0.5) is 17.1 Å². The zero-order valence-electron chi connectivity index (χ0n) is 18.1. The molecule has 12 heteroatoms. The van der Waals surface area contributed by atoms with Crippen molar-refractivity contribution in [1.82, 2.24) is 9.97 Å². The molecular weight excluding hydrogens is 460 g/mol. The molecule has 0 saturated carbocycles. The molecule has 0 amide bonds. The zero-order valence-corrected chi connectivity index (χ0v) is 19.0. The van der Waals surface area contributed by atoms with Crippen LogP contribution in [-0.4, -0.2) is 36.1 Å². The van der Waals surface area contributed by atoms with Crippen molar-refractivity contribution in [2.24, 2.45) is 5.10 Å². The highest BCUT2D eigenvalue weighted by Crippen LogP contribution is 2.30. The summed E-state index contributed by atoms with van der Waals surface area (Å²) in [6.45, 7) is 1.69. The molecule has 3 aromatic carbocycles. The zero-order chi connectivity index (χ0) is 24.3. The number of hydrazone groups is 1. The van der Waals surface area contributed by atoms with E-state index in [1.807, 2.05) is 24.3 Å². The van der Waals surface area contributed by atoms with Crippen LogP contribution in [0.2, 0.25) is 0 Å². The molecule has 0 radical (unpaired) electrons. The topological polar surface area (TPSA) is 152 Å². The van der Waals surface area contributed by atoms with Gasteiger partial charge in [0.1, 0.15) is 17.1 Å². The number of aromatic amines is 1. The number of ether oxygens (including phenoxy) is 1. The van der Waals surface area contributed by atoms with Crippen molar-refractivity contribution in [3.63, 3.8) is 0 Å². The van der Waals surface area contributed by atoms with Crippen LogP contribution >= 0.6 is 0 Å². The van der Waals surface area contributed by atoms with Gasteiger partial charge < -0.3 is 9.72 Å². The van der Waals surface area contributed by atoms with E-state index < -0.39 is 20.6 Å². The lowest BCUT2D eigenvalue weighted by atomic mass is 10.3. The average molecular weight is 481 g/mol. The maximum absolute atomic E-state index is 12.8. The molecule has 4 aromatic rings. The number of nitrogens with zero attached hydrogens (tertiary/aromatic N) is 3. The van der Waals surface area contributed by atoms with E-state index in [4.69, 9.17) is 4.74 Å². The summed E-state index contributed by atoms with van der Waals surface area (Å²) >= 11 is 0. The maximum atomic E-state index is 12.8. The van der Waals surface area contributed by atoms with Crippen molar-refractivity contribution in [2.75, 3.05) is 17.3 Å². The normalized spacial score (nSPS) is 11.9. The molecule has 4 rings (SSSR count). The van der Waals surface area contributed by atoms with Crippen molar-refractivity contribution in [3.05, 3.63) is 82.7 Å². The summed E-state index contributed by atoms with van der Waals surface area (Å²) in [5.41, 5.74) is 4.46. The smallest absolute Gasteiger partial charge is 0.295 e. The molecule has 0 saturated heterocycles. The number of benzene rings is 3. The maximum Gasteiger partial charge on any atom is 0.295 e. The molecule has 174 valence electrons.